The normalized spacial score (nSPS) is 13.0. The summed E-state index contributed by atoms with van der Waals surface area (Å²) in [6, 6.07) is 131. The molecule has 0 saturated carbocycles. The van der Waals surface area contributed by atoms with Crippen LogP contribution in [0.2, 0.25) is 0 Å². The second-order valence-corrected chi connectivity index (χ2v) is 40.5. The highest BCUT2D eigenvalue weighted by atomic mass is 32.4. The van der Waals surface area contributed by atoms with Gasteiger partial charge in [-0.25, -0.2) is 15.0 Å². The first kappa shape index (κ1) is 71.8. The van der Waals surface area contributed by atoms with Crippen LogP contribution in [-0.4, -0.2) is 43.1 Å². The Kier molecular flexibility index (Phi) is 17.0. The SMILES string of the molecule is O=P(c1ccccc1)(c1cccnc1)c1cccc2c1nc1c3ccccc3c3ccccc3n21.O=P(c1cnc2ccccc2c1)(c1ccc2cccnc2c1)c1cccc2c1nc1c3ccccc3c3ccccc3n21.S=P(c1ccc2ccccc2c1)(c1ccc2ccccc2c1)c1cccc2c1nc1c3ccccc3c3ccccc3n21. The Labute approximate surface area is 698 Å². The molecule has 121 heavy (non-hydrogen) atoms. The maximum absolute atomic E-state index is 16.0. The summed E-state index contributed by atoms with van der Waals surface area (Å²) in [6.07, 6.45) is 6.97. The van der Waals surface area contributed by atoms with E-state index in [-0.39, 0.29) is 0 Å². The molecule has 0 bridgehead atoms. The van der Waals surface area contributed by atoms with Crippen LogP contribution >= 0.6 is 20.3 Å². The highest BCUT2D eigenvalue weighted by Gasteiger charge is 2.37. The third-order valence-corrected chi connectivity index (χ3v) is 35.0. The molecule has 0 spiro atoms. The molecule has 11 nitrogen and oxygen atoms in total. The Morgan fingerprint density at radius 3 is 1.11 bits per heavy atom. The summed E-state index contributed by atoms with van der Waals surface area (Å²) in [5.74, 6) is 0. The Bertz CT molecular complexity index is 8200. The first-order valence-corrected chi connectivity index (χ1v) is 46.5. The summed E-state index contributed by atoms with van der Waals surface area (Å²) >= 11 is 7.01. The fourth-order valence-corrected chi connectivity index (χ4v) is 27.8. The Hall–Kier alpha value is -14.5. The highest BCUT2D eigenvalue weighted by molar-refractivity contribution is 8.25. The number of aromatic nitrogens is 9. The Morgan fingerprint density at radius 2 is 0.603 bits per heavy atom. The summed E-state index contributed by atoms with van der Waals surface area (Å²) in [6.45, 7) is 0. The van der Waals surface area contributed by atoms with E-state index in [1.54, 1.807) is 24.8 Å². The molecule has 2 unspecified atom stereocenters. The molecule has 25 rings (SSSR count). The van der Waals surface area contributed by atoms with Gasteiger partial charge in [0.25, 0.3) is 0 Å². The van der Waals surface area contributed by atoms with Gasteiger partial charge < -0.3 is 9.13 Å². The number of para-hydroxylation sites is 7. The van der Waals surface area contributed by atoms with Crippen molar-refractivity contribution in [3.63, 3.8) is 0 Å². The van der Waals surface area contributed by atoms with E-state index in [1.807, 2.05) is 140 Å². The van der Waals surface area contributed by atoms with Gasteiger partial charge in [-0.05, 0) is 145 Å². The minimum absolute atomic E-state index is 0.667. The van der Waals surface area contributed by atoms with E-state index in [0.29, 0.717) is 21.2 Å². The third kappa shape index (κ3) is 11.4. The van der Waals surface area contributed by atoms with Crippen LogP contribution in [0.15, 0.2) is 413 Å². The number of pyridine rings is 6. The minimum Gasteiger partial charge on any atom is -0.308 e. The van der Waals surface area contributed by atoms with Gasteiger partial charge in [-0.3, -0.25) is 28.2 Å². The first-order chi connectivity index (χ1) is 59.7. The predicted octanol–water partition coefficient (Wildman–Crippen LogP) is 22.2. The van der Waals surface area contributed by atoms with Crippen LogP contribution in [0.1, 0.15) is 0 Å². The molecule has 2 atom stereocenters. The first-order valence-electron chi connectivity index (χ1n) is 40.3. The van der Waals surface area contributed by atoms with Crippen LogP contribution in [0.25, 0.3) is 158 Å². The quantitative estimate of drug-likeness (QED) is 0.103. The van der Waals surface area contributed by atoms with Gasteiger partial charge in [0.1, 0.15) is 28.0 Å². The largest absolute Gasteiger partial charge is 0.308 e. The van der Waals surface area contributed by atoms with Gasteiger partial charge >= 0.3 is 0 Å². The molecule has 0 amide bonds. The minimum atomic E-state index is -3.49. The Morgan fingerprint density at radius 1 is 0.231 bits per heavy atom. The molecule has 15 heteroatoms. The van der Waals surface area contributed by atoms with Crippen LogP contribution in [-0.2, 0) is 20.9 Å². The topological polar surface area (TPSA) is 125 Å². The van der Waals surface area contributed by atoms with Crippen molar-refractivity contribution in [3.8, 4) is 0 Å². The zero-order valence-corrected chi connectivity index (χ0v) is 68.4. The summed E-state index contributed by atoms with van der Waals surface area (Å²) in [5, 5.41) is 24.9. The predicted molar refractivity (Wildman–Crippen MR) is 511 cm³/mol. The molecular formula is C106H68N9O2P3S. The molecule has 0 N–H and O–H groups in total. The van der Waals surface area contributed by atoms with E-state index in [0.717, 1.165) is 137 Å². The van der Waals surface area contributed by atoms with E-state index in [4.69, 9.17) is 31.7 Å². The lowest BCUT2D eigenvalue weighted by molar-refractivity contribution is 0.591. The number of fused-ring (bicyclic) bond motifs is 28. The third-order valence-electron chi connectivity index (χ3n) is 24.0. The molecular weight excluding hydrogens is 1560 g/mol. The molecule has 9 heterocycles. The average Bonchev–Trinajstić information content (AvgIpc) is 1.60. The van der Waals surface area contributed by atoms with Gasteiger partial charge in [-0.15, -0.1) is 0 Å². The summed E-state index contributed by atoms with van der Waals surface area (Å²) in [7, 11) is -6.72. The van der Waals surface area contributed by atoms with Crippen LogP contribution in [0.5, 0.6) is 0 Å². The van der Waals surface area contributed by atoms with Gasteiger partial charge in [-0.2, -0.15) is 0 Å². The molecule has 0 aliphatic carbocycles. The van der Waals surface area contributed by atoms with Crippen LogP contribution in [0, 0.1) is 0 Å². The average molecular weight is 1620 g/mol. The van der Waals surface area contributed by atoms with Gasteiger partial charge in [0, 0.05) is 111 Å². The number of imidazole rings is 3. The number of rotatable bonds is 9. The monoisotopic (exact) mass is 1620 g/mol. The second-order valence-electron chi connectivity index (χ2n) is 30.6. The summed E-state index contributed by atoms with van der Waals surface area (Å²) in [4.78, 5) is 29.6. The zero-order valence-electron chi connectivity index (χ0n) is 64.9. The number of benzene rings is 16. The van der Waals surface area contributed by atoms with Crippen molar-refractivity contribution in [2.24, 2.45) is 0 Å². The fourth-order valence-electron chi connectivity index (χ4n) is 18.4. The lowest BCUT2D eigenvalue weighted by atomic mass is 10.1. The maximum Gasteiger partial charge on any atom is 0.174 e. The van der Waals surface area contributed by atoms with Crippen molar-refractivity contribution >= 4 is 238 Å². The van der Waals surface area contributed by atoms with Gasteiger partial charge in [0.15, 0.2) is 14.3 Å². The van der Waals surface area contributed by atoms with Crippen molar-refractivity contribution in [2.45, 2.75) is 0 Å². The van der Waals surface area contributed by atoms with Gasteiger partial charge in [0.2, 0.25) is 0 Å². The zero-order chi connectivity index (χ0) is 80.5. The lowest BCUT2D eigenvalue weighted by Crippen LogP contribution is -2.26. The number of hydrogen-bond donors (Lipinski definition) is 0. The van der Waals surface area contributed by atoms with Crippen molar-refractivity contribution in [3.05, 3.63) is 413 Å². The number of nitrogens with zero attached hydrogens (tertiary/aromatic N) is 9. The van der Waals surface area contributed by atoms with Crippen LogP contribution < -0.4 is 47.7 Å². The van der Waals surface area contributed by atoms with E-state index < -0.39 is 20.3 Å². The molecule has 0 aliphatic rings. The molecule has 16 aromatic carbocycles. The number of hydrogen-bond acceptors (Lipinski definition) is 9. The standard InChI is InChI=1S/C39H25N2PS.C37H23N4OP.C30H20N3OP/c43-42(30-22-20-26-10-1-3-12-28(26)24-30,31-23-21-27-11-2-4-13-29(27)25-31)37-19-9-18-36-38(37)40-39-34-16-6-5-14-32(34)33-15-7-8-17-35(33)41(36)39;42-43(26-19-18-24-10-8-20-38-32(24)22-26,27-21-25-9-1-5-14-31(25)39-23-27)35-17-7-16-34-36(35)40-37-30-13-3-2-11-28(30)29-12-4-6-15-33(29)41(34)37;34-35(21-10-2-1-3-11-21,22-12-9-19-31-20-22)28-18-8-17-27-29(28)32-30-25-15-5-4-13-23(25)24-14-6-7-16-26(24)33(27)30/h1-25H;1-23H;1-20H. The lowest BCUT2D eigenvalue weighted by Gasteiger charge is -2.25. The van der Waals surface area contributed by atoms with Crippen LogP contribution in [0.4, 0.5) is 0 Å². The molecule has 0 aliphatic heterocycles. The van der Waals surface area contributed by atoms with Crippen molar-refractivity contribution in [2.75, 3.05) is 0 Å². The summed E-state index contributed by atoms with van der Waals surface area (Å²) < 4.78 is 37.9. The maximum atomic E-state index is 16.0. The molecule has 0 radical (unpaired) electrons. The molecule has 0 fully saturated rings. The molecule has 0 saturated heterocycles. The second kappa shape index (κ2) is 28.7. The van der Waals surface area contributed by atoms with E-state index in [1.165, 1.54) is 48.3 Å². The highest BCUT2D eigenvalue weighted by Crippen LogP contribution is 2.50. The van der Waals surface area contributed by atoms with Crippen molar-refractivity contribution in [1.29, 1.82) is 0 Å². The van der Waals surface area contributed by atoms with E-state index >= 15 is 9.13 Å². The van der Waals surface area contributed by atoms with Gasteiger partial charge in [-0.1, -0.05) is 303 Å². The molecule has 570 valence electrons. The van der Waals surface area contributed by atoms with E-state index in [9.17, 15) is 0 Å². The molecule has 25 aromatic rings. The van der Waals surface area contributed by atoms with Crippen molar-refractivity contribution < 1.29 is 9.13 Å². The smallest absolute Gasteiger partial charge is 0.174 e. The molecule has 9 aromatic heterocycles. The van der Waals surface area contributed by atoms with Gasteiger partial charge in [0.05, 0.1) is 49.7 Å². The summed E-state index contributed by atoms with van der Waals surface area (Å²) in [5.41, 5.74) is 13.1. The van der Waals surface area contributed by atoms with Crippen molar-refractivity contribution in [1.82, 2.24) is 43.1 Å². The fraction of sp³-hybridized carbons (Fsp3) is 0. The van der Waals surface area contributed by atoms with E-state index in [2.05, 4.69) is 272 Å². The van der Waals surface area contributed by atoms with Crippen LogP contribution in [0.3, 0.4) is 0 Å². The Balaban J connectivity index is 0.000000106.